The fraction of sp³-hybridized carbons (Fsp3) is 0.600. The summed E-state index contributed by atoms with van der Waals surface area (Å²) in [4.78, 5) is 1.19. The quantitative estimate of drug-likeness (QED) is 0.849. The number of thiophene rings is 1. The molecule has 0 spiro atoms. The molecule has 0 fully saturated rings. The van der Waals surface area contributed by atoms with Crippen LogP contribution in [0.4, 0.5) is 0 Å². The standard InChI is InChI=1S/C10H16BrNO2S3/c1-7(4-5-15-3)12-17(13,14)9-6-10(11)16-8(9)2/h6-7,12H,4-5H2,1-3H3. The van der Waals surface area contributed by atoms with Gasteiger partial charge in [-0.05, 0) is 54.3 Å². The van der Waals surface area contributed by atoms with Gasteiger partial charge in [0.1, 0.15) is 0 Å². The van der Waals surface area contributed by atoms with Crippen molar-refractivity contribution in [2.45, 2.75) is 31.2 Å². The second kappa shape index (κ2) is 6.56. The number of rotatable bonds is 6. The van der Waals surface area contributed by atoms with Gasteiger partial charge in [-0.3, -0.25) is 0 Å². The number of nitrogens with one attached hydrogen (secondary N) is 1. The van der Waals surface area contributed by atoms with Gasteiger partial charge < -0.3 is 0 Å². The Bertz CT molecular complexity index is 470. The zero-order valence-corrected chi connectivity index (χ0v) is 14.0. The summed E-state index contributed by atoms with van der Waals surface area (Å²) in [5, 5.41) is 0. The molecule has 1 rings (SSSR count). The maximum Gasteiger partial charge on any atom is 0.241 e. The molecule has 1 aromatic rings. The predicted molar refractivity (Wildman–Crippen MR) is 79.5 cm³/mol. The molecule has 0 aliphatic rings. The summed E-state index contributed by atoms with van der Waals surface area (Å²) in [5.41, 5.74) is 0. The van der Waals surface area contributed by atoms with E-state index >= 15 is 0 Å². The Morgan fingerprint density at radius 2 is 2.24 bits per heavy atom. The van der Waals surface area contributed by atoms with Gasteiger partial charge in [-0.1, -0.05) is 0 Å². The molecule has 1 aromatic heterocycles. The zero-order valence-electron chi connectivity index (χ0n) is 9.99. The lowest BCUT2D eigenvalue weighted by Crippen LogP contribution is -2.33. The minimum Gasteiger partial charge on any atom is -0.208 e. The number of hydrogen-bond acceptors (Lipinski definition) is 4. The molecule has 0 bridgehead atoms. The van der Waals surface area contributed by atoms with Crippen molar-refractivity contribution in [1.82, 2.24) is 4.72 Å². The molecule has 0 saturated heterocycles. The summed E-state index contributed by atoms with van der Waals surface area (Å²) in [6.45, 7) is 3.71. The van der Waals surface area contributed by atoms with Gasteiger partial charge in [-0.2, -0.15) is 11.8 Å². The lowest BCUT2D eigenvalue weighted by molar-refractivity contribution is 0.557. The summed E-state index contributed by atoms with van der Waals surface area (Å²) >= 11 is 6.46. The lowest BCUT2D eigenvalue weighted by atomic mass is 10.3. The van der Waals surface area contributed by atoms with Gasteiger partial charge in [0.25, 0.3) is 0 Å². The van der Waals surface area contributed by atoms with E-state index in [0.717, 1.165) is 20.8 Å². The van der Waals surface area contributed by atoms with Crippen molar-refractivity contribution in [2.75, 3.05) is 12.0 Å². The van der Waals surface area contributed by atoms with Gasteiger partial charge >= 0.3 is 0 Å². The Hall–Kier alpha value is 0.440. The van der Waals surface area contributed by atoms with Crippen LogP contribution in [0.2, 0.25) is 0 Å². The number of hydrogen-bond donors (Lipinski definition) is 1. The van der Waals surface area contributed by atoms with Crippen LogP contribution in [0.15, 0.2) is 14.7 Å². The molecule has 17 heavy (non-hydrogen) atoms. The Morgan fingerprint density at radius 3 is 2.71 bits per heavy atom. The third-order valence-electron chi connectivity index (χ3n) is 2.24. The Labute approximate surface area is 120 Å². The highest BCUT2D eigenvalue weighted by molar-refractivity contribution is 9.11. The van der Waals surface area contributed by atoms with Crippen LogP contribution in [0, 0.1) is 6.92 Å². The van der Waals surface area contributed by atoms with Crippen LogP contribution in [0.5, 0.6) is 0 Å². The van der Waals surface area contributed by atoms with Gasteiger partial charge in [-0.15, -0.1) is 11.3 Å². The number of aryl methyl sites for hydroxylation is 1. The molecule has 7 heteroatoms. The van der Waals surface area contributed by atoms with Crippen LogP contribution in [-0.2, 0) is 10.0 Å². The average Bonchev–Trinajstić information content (AvgIpc) is 2.55. The fourth-order valence-corrected chi connectivity index (χ4v) is 5.66. The molecule has 0 aliphatic carbocycles. The van der Waals surface area contributed by atoms with E-state index in [-0.39, 0.29) is 6.04 Å². The van der Waals surface area contributed by atoms with Crippen LogP contribution < -0.4 is 4.72 Å². The molecule has 3 nitrogen and oxygen atoms in total. The summed E-state index contributed by atoms with van der Waals surface area (Å²) < 4.78 is 27.8. The van der Waals surface area contributed by atoms with Gasteiger partial charge in [0, 0.05) is 10.9 Å². The van der Waals surface area contributed by atoms with Gasteiger partial charge in [0.2, 0.25) is 10.0 Å². The minimum atomic E-state index is -3.38. The van der Waals surface area contributed by atoms with Crippen LogP contribution in [0.25, 0.3) is 0 Å². The molecule has 0 aromatic carbocycles. The second-order valence-corrected chi connectivity index (χ2v) is 9.08. The Kier molecular flexibility index (Phi) is 5.98. The molecule has 0 amide bonds. The Balaban J connectivity index is 2.79. The van der Waals surface area contributed by atoms with Gasteiger partial charge in [0.05, 0.1) is 8.68 Å². The fourth-order valence-electron chi connectivity index (χ4n) is 1.38. The molecule has 0 saturated carbocycles. The molecular formula is C10H16BrNO2S3. The highest BCUT2D eigenvalue weighted by atomic mass is 79.9. The normalized spacial score (nSPS) is 13.9. The summed E-state index contributed by atoms with van der Waals surface area (Å²) in [6, 6.07) is 1.62. The lowest BCUT2D eigenvalue weighted by Gasteiger charge is -2.13. The van der Waals surface area contributed by atoms with E-state index in [4.69, 9.17) is 0 Å². The van der Waals surface area contributed by atoms with Crippen molar-refractivity contribution >= 4 is 49.1 Å². The molecule has 1 atom stereocenters. The van der Waals surface area contributed by atoms with Crippen molar-refractivity contribution in [3.05, 3.63) is 14.7 Å². The second-order valence-electron chi connectivity index (χ2n) is 3.77. The monoisotopic (exact) mass is 357 g/mol. The molecule has 98 valence electrons. The SMILES string of the molecule is CSCCC(C)NS(=O)(=O)c1cc(Br)sc1C. The minimum absolute atomic E-state index is 0.0366. The smallest absolute Gasteiger partial charge is 0.208 e. The van der Waals surface area contributed by atoms with E-state index in [1.807, 2.05) is 20.1 Å². The molecule has 1 N–H and O–H groups in total. The summed E-state index contributed by atoms with van der Waals surface area (Å²) in [6.07, 6.45) is 2.85. The first kappa shape index (κ1) is 15.5. The van der Waals surface area contributed by atoms with E-state index in [9.17, 15) is 8.42 Å². The van der Waals surface area contributed by atoms with Crippen LogP contribution >= 0.6 is 39.0 Å². The molecule has 0 radical (unpaired) electrons. The third-order valence-corrected chi connectivity index (χ3v) is 6.29. The molecular weight excluding hydrogens is 342 g/mol. The predicted octanol–water partition coefficient (Wildman–Crippen LogP) is 3.24. The van der Waals surface area contributed by atoms with E-state index in [1.165, 1.54) is 11.3 Å². The first-order valence-electron chi connectivity index (χ1n) is 5.14. The average molecular weight is 358 g/mol. The van der Waals surface area contributed by atoms with Gasteiger partial charge in [0.15, 0.2) is 0 Å². The number of sulfonamides is 1. The van der Waals surface area contributed by atoms with E-state index in [0.29, 0.717) is 4.90 Å². The third kappa shape index (κ3) is 4.55. The molecule has 1 unspecified atom stereocenters. The number of thioether (sulfide) groups is 1. The van der Waals surface area contributed by atoms with E-state index < -0.39 is 10.0 Å². The molecule has 0 aliphatic heterocycles. The van der Waals surface area contributed by atoms with E-state index in [2.05, 4.69) is 20.7 Å². The Morgan fingerprint density at radius 1 is 1.59 bits per heavy atom. The van der Waals surface area contributed by atoms with Crippen molar-refractivity contribution < 1.29 is 8.42 Å². The topological polar surface area (TPSA) is 46.2 Å². The first-order valence-corrected chi connectivity index (χ1v) is 9.62. The summed E-state index contributed by atoms with van der Waals surface area (Å²) in [7, 11) is -3.38. The summed E-state index contributed by atoms with van der Waals surface area (Å²) in [5.74, 6) is 0.954. The zero-order chi connectivity index (χ0) is 13.1. The van der Waals surface area contributed by atoms with Crippen molar-refractivity contribution in [1.29, 1.82) is 0 Å². The number of halogens is 1. The molecule has 1 heterocycles. The van der Waals surface area contributed by atoms with Crippen LogP contribution in [0.3, 0.4) is 0 Å². The van der Waals surface area contributed by atoms with Crippen LogP contribution in [0.1, 0.15) is 18.2 Å². The van der Waals surface area contributed by atoms with E-state index in [1.54, 1.807) is 17.8 Å². The largest absolute Gasteiger partial charge is 0.241 e. The van der Waals surface area contributed by atoms with Crippen molar-refractivity contribution in [2.24, 2.45) is 0 Å². The van der Waals surface area contributed by atoms with Gasteiger partial charge in [-0.25, -0.2) is 13.1 Å². The maximum atomic E-state index is 12.1. The van der Waals surface area contributed by atoms with Crippen molar-refractivity contribution in [3.63, 3.8) is 0 Å². The highest BCUT2D eigenvalue weighted by Crippen LogP contribution is 2.29. The first-order chi connectivity index (χ1) is 7.86. The maximum absolute atomic E-state index is 12.1. The highest BCUT2D eigenvalue weighted by Gasteiger charge is 2.21. The van der Waals surface area contributed by atoms with Crippen LogP contribution in [-0.4, -0.2) is 26.5 Å². The van der Waals surface area contributed by atoms with Crippen molar-refractivity contribution in [3.8, 4) is 0 Å².